The first-order valence-corrected chi connectivity index (χ1v) is 21.1. The van der Waals surface area contributed by atoms with Crippen LogP contribution in [0.3, 0.4) is 0 Å². The minimum absolute atomic E-state index is 0.00634. The highest BCUT2D eigenvalue weighted by Crippen LogP contribution is 2.68. The topological polar surface area (TPSA) is 172 Å². The van der Waals surface area contributed by atoms with Crippen LogP contribution < -0.4 is 15.6 Å². The molecule has 9 rings (SSSR count). The van der Waals surface area contributed by atoms with Crippen molar-refractivity contribution in [3.8, 4) is 16.9 Å². The number of aryl methyl sites for hydroxylation is 2. The number of nitrogens with zero attached hydrogens (tertiary/aromatic N) is 8. The van der Waals surface area contributed by atoms with Crippen molar-refractivity contribution < 1.29 is 39.6 Å². The Morgan fingerprint density at radius 1 is 1.03 bits per heavy atom. The Bertz CT molecular complexity index is 3190. The van der Waals surface area contributed by atoms with Gasteiger partial charge in [-0.15, -0.1) is 0 Å². The molecule has 1 unspecified atom stereocenters. The second kappa shape index (κ2) is 14.6. The second-order valence-corrected chi connectivity index (χ2v) is 17.4. The fraction of sp³-hybridized carbons (Fsp3) is 0.275. The van der Waals surface area contributed by atoms with Crippen LogP contribution in [0.1, 0.15) is 58.8 Å². The van der Waals surface area contributed by atoms with Gasteiger partial charge >= 0.3 is 0 Å². The largest absolute Gasteiger partial charge is 0.344 e. The van der Waals surface area contributed by atoms with Crippen molar-refractivity contribution in [2.45, 2.75) is 50.6 Å². The number of amides is 1. The van der Waals surface area contributed by atoms with Crippen LogP contribution in [0.5, 0.6) is 0 Å². The maximum atomic E-state index is 15.5. The summed E-state index contributed by atoms with van der Waals surface area (Å²) < 4.78 is 119. The zero-order valence-electron chi connectivity index (χ0n) is 32.5. The minimum Gasteiger partial charge on any atom is -0.344 e. The molecule has 62 heavy (non-hydrogen) atoms. The molecule has 0 saturated heterocycles. The molecule has 1 saturated carbocycles. The van der Waals surface area contributed by atoms with Gasteiger partial charge in [0.2, 0.25) is 15.9 Å². The lowest BCUT2D eigenvalue weighted by Crippen LogP contribution is -2.38. The zero-order chi connectivity index (χ0) is 44.2. The number of halogens is 7. The van der Waals surface area contributed by atoms with Crippen molar-refractivity contribution in [2.24, 2.45) is 13.0 Å². The lowest BCUT2D eigenvalue weighted by Gasteiger charge is -2.24. The van der Waals surface area contributed by atoms with Crippen molar-refractivity contribution in [2.75, 3.05) is 11.0 Å². The molecule has 7 aromatic rings. The number of hydrogen-bond donors (Lipinski definition) is 2. The maximum absolute atomic E-state index is 15.5. The molecule has 0 spiro atoms. The number of benzene rings is 3. The highest BCUT2D eigenvalue weighted by molar-refractivity contribution is 7.92. The van der Waals surface area contributed by atoms with E-state index in [1.54, 1.807) is 19.1 Å². The molecule has 22 heteroatoms. The third-order valence-electron chi connectivity index (χ3n) is 11.0. The van der Waals surface area contributed by atoms with Gasteiger partial charge in [0.1, 0.15) is 35.4 Å². The average Bonchev–Trinajstić information content (AvgIpc) is 3.73. The summed E-state index contributed by atoms with van der Waals surface area (Å²) in [6.07, 6.45) is 0.183. The summed E-state index contributed by atoms with van der Waals surface area (Å²) >= 11 is 6.63. The van der Waals surface area contributed by atoms with Crippen LogP contribution in [0, 0.1) is 24.5 Å². The van der Waals surface area contributed by atoms with Crippen LogP contribution >= 0.6 is 11.6 Å². The van der Waals surface area contributed by atoms with E-state index in [-0.39, 0.29) is 61.7 Å². The molecule has 0 bridgehead atoms. The van der Waals surface area contributed by atoms with Gasteiger partial charge in [0.15, 0.2) is 5.82 Å². The monoisotopic (exact) mass is 896 g/mol. The molecule has 4 aromatic heterocycles. The fourth-order valence-electron chi connectivity index (χ4n) is 8.42. The van der Waals surface area contributed by atoms with E-state index in [0.29, 0.717) is 27.7 Å². The van der Waals surface area contributed by atoms with E-state index >= 15 is 13.6 Å². The molecule has 2 aliphatic rings. The minimum atomic E-state index is -3.91. The Morgan fingerprint density at radius 3 is 2.45 bits per heavy atom. The third kappa shape index (κ3) is 7.01. The fourth-order valence-corrected chi connectivity index (χ4v) is 9.15. The molecular weight excluding hydrogens is 866 g/mol. The Hall–Kier alpha value is -6.35. The van der Waals surface area contributed by atoms with Gasteiger partial charge in [0.05, 0.1) is 56.2 Å². The van der Waals surface area contributed by atoms with E-state index in [1.165, 1.54) is 42.3 Å². The molecule has 1 fully saturated rings. The number of carbonyl (C=O) groups is 1. The Morgan fingerprint density at radius 2 is 1.76 bits per heavy atom. The van der Waals surface area contributed by atoms with Gasteiger partial charge in [-0.2, -0.15) is 19.0 Å². The summed E-state index contributed by atoms with van der Waals surface area (Å²) in [5.41, 5.74) is -1.05. The van der Waals surface area contributed by atoms with Gasteiger partial charge in [0, 0.05) is 49.0 Å². The normalized spacial score (nSPS) is 17.1. The van der Waals surface area contributed by atoms with E-state index in [9.17, 15) is 30.8 Å². The SMILES string of the molecule is Cc1nccnc1-c1ccc2c(=O)n(-c3ccc(Cl)c4c(NS(C)(=O)=O)nn(C)c34)c(C(Cc3cc(F)cc(F)c3)NC(=O)Cn3nc(C(F)F)c4c3C(F)(F)[C@@H]3C[C@H]43)nc2c1. The predicted octanol–water partition coefficient (Wildman–Crippen LogP) is 6.78. The summed E-state index contributed by atoms with van der Waals surface area (Å²) in [6, 6.07) is 8.49. The van der Waals surface area contributed by atoms with E-state index < -0.39 is 87.7 Å². The lowest BCUT2D eigenvalue weighted by molar-refractivity contribution is -0.123. The van der Waals surface area contributed by atoms with Gasteiger partial charge in [-0.25, -0.2) is 31.0 Å². The first-order chi connectivity index (χ1) is 29.3. The molecule has 14 nitrogen and oxygen atoms in total. The Labute approximate surface area is 351 Å². The molecule has 2 aliphatic carbocycles. The van der Waals surface area contributed by atoms with Crippen LogP contribution in [-0.2, 0) is 40.8 Å². The van der Waals surface area contributed by atoms with Crippen LogP contribution in [0.25, 0.3) is 38.8 Å². The number of hydrogen-bond acceptors (Lipinski definition) is 9. The number of fused-ring (bicyclic) bond motifs is 5. The Kier molecular flexibility index (Phi) is 9.69. The molecule has 3 aromatic carbocycles. The average molecular weight is 897 g/mol. The Balaban J connectivity index is 1.26. The van der Waals surface area contributed by atoms with Crippen molar-refractivity contribution in [3.63, 3.8) is 0 Å². The summed E-state index contributed by atoms with van der Waals surface area (Å²) in [7, 11) is -2.46. The highest BCUT2D eigenvalue weighted by Gasteiger charge is 2.67. The molecule has 2 N–H and O–H groups in total. The number of alkyl halides is 4. The number of anilines is 1. The summed E-state index contributed by atoms with van der Waals surface area (Å²) in [6.45, 7) is 0.733. The van der Waals surface area contributed by atoms with E-state index in [4.69, 9.17) is 16.6 Å². The first-order valence-electron chi connectivity index (χ1n) is 18.8. The van der Waals surface area contributed by atoms with Gasteiger partial charge in [0.25, 0.3) is 17.9 Å². The number of rotatable bonds is 11. The highest BCUT2D eigenvalue weighted by atomic mass is 35.5. The predicted molar refractivity (Wildman–Crippen MR) is 214 cm³/mol. The molecule has 320 valence electrons. The van der Waals surface area contributed by atoms with Crippen LogP contribution in [0.15, 0.2) is 65.7 Å². The van der Waals surface area contributed by atoms with E-state index in [1.807, 2.05) is 0 Å². The lowest BCUT2D eigenvalue weighted by atomic mass is 10.0. The first kappa shape index (κ1) is 41.0. The standard InChI is InChI=1S/C40H31ClF6N10O4S/c1-17-32(49-9-8-48-17)19-4-5-22-26(13-19)51-38(57(39(22)59)28-7-6-25(41)31-34(28)55(2)53-37(31)54-62(3,60)61)27(12-18-10-20(42)14-21(43)11-18)50-29(58)16-56-35-30(33(52-56)36(44)45)23-15-24(23)40(35,46)47/h4-11,13-14,23-24,27,36H,12,15-16H2,1-3H3,(H,50,58)(H,53,54)/t23-,24+,27?/m0/s1. The summed E-state index contributed by atoms with van der Waals surface area (Å²) in [5.74, 6) is -9.06. The summed E-state index contributed by atoms with van der Waals surface area (Å²) in [4.78, 5) is 42.7. The number of sulfonamides is 1. The molecular formula is C40H31ClF6N10O4S. The quantitative estimate of drug-likeness (QED) is 0.133. The van der Waals surface area contributed by atoms with Crippen LogP contribution in [0.2, 0.25) is 5.02 Å². The van der Waals surface area contributed by atoms with Gasteiger partial charge in [-0.3, -0.25) is 38.2 Å². The number of nitrogens with one attached hydrogen (secondary N) is 2. The maximum Gasteiger partial charge on any atom is 0.293 e. The molecule has 0 radical (unpaired) electrons. The van der Waals surface area contributed by atoms with E-state index in [0.717, 1.165) is 23.0 Å². The molecule has 1 amide bonds. The molecule has 0 aliphatic heterocycles. The van der Waals surface area contributed by atoms with Crippen molar-refractivity contribution in [1.29, 1.82) is 0 Å². The summed E-state index contributed by atoms with van der Waals surface area (Å²) in [5, 5.41) is 10.8. The van der Waals surface area contributed by atoms with Crippen LogP contribution in [0.4, 0.5) is 32.2 Å². The third-order valence-corrected chi connectivity index (χ3v) is 11.8. The second-order valence-electron chi connectivity index (χ2n) is 15.2. The molecule has 3 atom stereocenters. The van der Waals surface area contributed by atoms with Gasteiger partial charge in [-0.05, 0) is 61.2 Å². The molecule has 4 heterocycles. The smallest absolute Gasteiger partial charge is 0.293 e. The van der Waals surface area contributed by atoms with Crippen molar-refractivity contribution in [3.05, 3.63) is 122 Å². The van der Waals surface area contributed by atoms with Crippen molar-refractivity contribution in [1.82, 2.24) is 44.4 Å². The van der Waals surface area contributed by atoms with Crippen molar-refractivity contribution >= 4 is 55.2 Å². The van der Waals surface area contributed by atoms with Gasteiger partial charge < -0.3 is 5.32 Å². The number of carbonyl (C=O) groups excluding carboxylic acids is 1. The van der Waals surface area contributed by atoms with Gasteiger partial charge in [-0.1, -0.05) is 17.7 Å². The van der Waals surface area contributed by atoms with E-state index in [2.05, 4.69) is 30.2 Å². The number of aromatic nitrogens is 8. The van der Waals surface area contributed by atoms with Crippen LogP contribution in [-0.4, -0.2) is 59.7 Å². The zero-order valence-corrected chi connectivity index (χ0v) is 34.0.